The number of ketones is 1. The maximum absolute atomic E-state index is 12.8. The van der Waals surface area contributed by atoms with E-state index in [1.54, 1.807) is 12.1 Å². The van der Waals surface area contributed by atoms with Gasteiger partial charge in [-0.25, -0.2) is 0 Å². The van der Waals surface area contributed by atoms with E-state index < -0.39 is 0 Å². The highest BCUT2D eigenvalue weighted by Gasteiger charge is 2.41. The Morgan fingerprint density at radius 2 is 1.96 bits per heavy atom. The lowest BCUT2D eigenvalue weighted by Gasteiger charge is -2.38. The first-order valence-electron chi connectivity index (χ1n) is 7.44. The highest BCUT2D eigenvalue weighted by atomic mass is 35.5. The third kappa shape index (κ3) is 2.91. The van der Waals surface area contributed by atoms with E-state index in [4.69, 9.17) is 11.6 Å². The van der Waals surface area contributed by atoms with Gasteiger partial charge < -0.3 is 5.32 Å². The molecular formula is C18H17ClN2OS. The molecule has 3 rings (SSSR count). The molecule has 2 aliphatic rings. The van der Waals surface area contributed by atoms with Crippen LogP contribution in [0, 0.1) is 16.7 Å². The number of carbonyl (C=O) groups is 1. The number of thiol groups is 1. The van der Waals surface area contributed by atoms with Gasteiger partial charge in [0.1, 0.15) is 0 Å². The van der Waals surface area contributed by atoms with E-state index in [9.17, 15) is 10.1 Å². The van der Waals surface area contributed by atoms with Crippen molar-refractivity contribution in [1.82, 2.24) is 5.32 Å². The molecule has 1 heterocycles. The number of Topliss-reactive ketones (excluding diaryl/α,β-unsaturated/α-hetero) is 1. The van der Waals surface area contributed by atoms with Crippen molar-refractivity contribution < 1.29 is 4.79 Å². The van der Waals surface area contributed by atoms with Crippen LogP contribution < -0.4 is 5.32 Å². The Labute approximate surface area is 146 Å². The Kier molecular flexibility index (Phi) is 4.03. The minimum atomic E-state index is -0.371. The zero-order valence-electron chi connectivity index (χ0n) is 13.0. The lowest BCUT2D eigenvalue weighted by Crippen LogP contribution is -2.36. The van der Waals surface area contributed by atoms with Crippen molar-refractivity contribution in [2.75, 3.05) is 0 Å². The van der Waals surface area contributed by atoms with Crippen LogP contribution in [0.4, 0.5) is 0 Å². The molecule has 0 saturated carbocycles. The van der Waals surface area contributed by atoms with Crippen molar-refractivity contribution in [2.45, 2.75) is 32.6 Å². The fourth-order valence-electron chi connectivity index (χ4n) is 3.38. The Balaban J connectivity index is 2.17. The predicted octanol–water partition coefficient (Wildman–Crippen LogP) is 4.33. The van der Waals surface area contributed by atoms with Crippen molar-refractivity contribution in [1.29, 1.82) is 5.26 Å². The molecule has 0 radical (unpaired) electrons. The summed E-state index contributed by atoms with van der Waals surface area (Å²) in [5.74, 6) is -0.276. The summed E-state index contributed by atoms with van der Waals surface area (Å²) in [5.41, 5.74) is 2.85. The van der Waals surface area contributed by atoms with Crippen LogP contribution in [0.1, 0.15) is 38.2 Å². The number of hydrogen-bond donors (Lipinski definition) is 2. The summed E-state index contributed by atoms with van der Waals surface area (Å²) in [6.45, 7) is 4.16. The van der Waals surface area contributed by atoms with Gasteiger partial charge in [0.2, 0.25) is 0 Å². The zero-order valence-corrected chi connectivity index (χ0v) is 14.6. The minimum Gasteiger partial charge on any atom is -0.353 e. The summed E-state index contributed by atoms with van der Waals surface area (Å²) in [4.78, 5) is 12.8. The third-order valence-electron chi connectivity index (χ3n) is 4.35. The third-order valence-corrected chi connectivity index (χ3v) is 4.95. The second-order valence-electron chi connectivity index (χ2n) is 6.82. The Bertz CT molecular complexity index is 784. The number of nitrogens with zero attached hydrogens (tertiary/aromatic N) is 1. The molecule has 0 spiro atoms. The second kappa shape index (κ2) is 5.74. The van der Waals surface area contributed by atoms with Crippen molar-refractivity contribution in [3.05, 3.63) is 56.7 Å². The molecule has 0 amide bonds. The first-order valence-corrected chi connectivity index (χ1v) is 8.27. The van der Waals surface area contributed by atoms with Crippen LogP contribution in [0.3, 0.4) is 0 Å². The molecule has 0 aromatic heterocycles. The van der Waals surface area contributed by atoms with Gasteiger partial charge in [-0.05, 0) is 29.5 Å². The van der Waals surface area contributed by atoms with Gasteiger partial charge >= 0.3 is 0 Å². The van der Waals surface area contributed by atoms with Gasteiger partial charge in [0.05, 0.1) is 22.6 Å². The van der Waals surface area contributed by atoms with Crippen molar-refractivity contribution in [3.8, 4) is 6.07 Å². The normalized spacial score (nSPS) is 23.3. The fraction of sp³-hybridized carbons (Fsp3) is 0.333. The lowest BCUT2D eigenvalue weighted by atomic mass is 9.69. The zero-order chi connectivity index (χ0) is 16.8. The molecule has 0 fully saturated rings. The number of carbonyl (C=O) groups excluding carboxylic acids is 1. The maximum Gasteiger partial charge on any atom is 0.162 e. The minimum absolute atomic E-state index is 0.0916. The summed E-state index contributed by atoms with van der Waals surface area (Å²) >= 11 is 10.4. The number of hydrogen-bond acceptors (Lipinski definition) is 4. The van der Waals surface area contributed by atoms with Crippen molar-refractivity contribution in [2.24, 2.45) is 5.41 Å². The van der Waals surface area contributed by atoms with Crippen LogP contribution in [0.2, 0.25) is 5.02 Å². The molecule has 1 atom stereocenters. The number of dihydropyridines is 1. The summed E-state index contributed by atoms with van der Waals surface area (Å²) < 4.78 is 0. The Morgan fingerprint density at radius 1 is 1.30 bits per heavy atom. The molecule has 1 aromatic rings. The number of nitrogens with one attached hydrogen (secondary N) is 1. The molecule has 5 heteroatoms. The van der Waals surface area contributed by atoms with Crippen molar-refractivity contribution in [3.63, 3.8) is 0 Å². The van der Waals surface area contributed by atoms with Crippen molar-refractivity contribution >= 4 is 30.0 Å². The molecule has 0 bridgehead atoms. The molecule has 1 aromatic carbocycles. The van der Waals surface area contributed by atoms with Crippen LogP contribution in [0.5, 0.6) is 0 Å². The molecule has 23 heavy (non-hydrogen) atoms. The van der Waals surface area contributed by atoms with Crippen LogP contribution >= 0.6 is 24.2 Å². The number of nitriles is 1. The van der Waals surface area contributed by atoms with Gasteiger partial charge in [-0.1, -0.05) is 37.6 Å². The first-order chi connectivity index (χ1) is 10.8. The van der Waals surface area contributed by atoms with E-state index in [1.807, 2.05) is 12.1 Å². The summed E-state index contributed by atoms with van der Waals surface area (Å²) in [6, 6.07) is 9.51. The molecule has 118 valence electrons. The molecule has 0 unspecified atom stereocenters. The topological polar surface area (TPSA) is 52.9 Å². The smallest absolute Gasteiger partial charge is 0.162 e. The number of halogens is 1. The number of rotatable bonds is 1. The Morgan fingerprint density at radius 3 is 2.57 bits per heavy atom. The van der Waals surface area contributed by atoms with E-state index in [-0.39, 0.29) is 17.1 Å². The molecule has 1 aliphatic carbocycles. The monoisotopic (exact) mass is 344 g/mol. The van der Waals surface area contributed by atoms with Gasteiger partial charge in [0.25, 0.3) is 0 Å². The second-order valence-corrected chi connectivity index (χ2v) is 7.70. The van der Waals surface area contributed by atoms with Gasteiger partial charge in [-0.3, -0.25) is 4.79 Å². The highest BCUT2D eigenvalue weighted by molar-refractivity contribution is 7.84. The molecule has 3 nitrogen and oxygen atoms in total. The van der Waals surface area contributed by atoms with Gasteiger partial charge in [-0.2, -0.15) is 5.26 Å². The largest absolute Gasteiger partial charge is 0.353 e. The molecular weight excluding hydrogens is 328 g/mol. The average molecular weight is 345 g/mol. The number of allylic oxidation sites excluding steroid dienone is 3. The predicted molar refractivity (Wildman–Crippen MR) is 94.0 cm³/mol. The Hall–Kier alpha value is -1.70. The van der Waals surface area contributed by atoms with Gasteiger partial charge in [0.15, 0.2) is 5.78 Å². The standard InChI is InChI=1S/C18H17ClN2OS/c1-18(2)7-13-16(14(22)8-18)15(12(9-20)17(23)21-13)10-3-5-11(19)6-4-10/h3-6,15,21,23H,7-8H2,1-2H3/t15-/m1/s1. The van der Waals surface area contributed by atoms with Crippen LogP contribution in [0.25, 0.3) is 0 Å². The number of benzene rings is 1. The van der Waals surface area contributed by atoms with Crippen LogP contribution in [-0.2, 0) is 4.79 Å². The quantitative estimate of drug-likeness (QED) is 0.745. The van der Waals surface area contributed by atoms with Gasteiger partial charge in [-0.15, -0.1) is 12.6 Å². The van der Waals surface area contributed by atoms with Crippen LogP contribution in [0.15, 0.2) is 46.1 Å². The fourth-order valence-corrected chi connectivity index (χ4v) is 3.82. The maximum atomic E-state index is 12.8. The van der Waals surface area contributed by atoms with E-state index >= 15 is 0 Å². The summed E-state index contributed by atoms with van der Waals surface area (Å²) in [5, 5.41) is 13.9. The average Bonchev–Trinajstić information content (AvgIpc) is 2.45. The van der Waals surface area contributed by atoms with E-state index in [0.717, 1.165) is 17.7 Å². The van der Waals surface area contributed by atoms with E-state index in [1.165, 1.54) is 0 Å². The molecule has 0 saturated heterocycles. The summed E-state index contributed by atoms with van der Waals surface area (Å²) in [7, 11) is 0. The first kappa shape index (κ1) is 16.2. The molecule has 1 aliphatic heterocycles. The van der Waals surface area contributed by atoms with Crippen LogP contribution in [-0.4, -0.2) is 5.78 Å². The van der Waals surface area contributed by atoms with Gasteiger partial charge in [0, 0.05) is 22.7 Å². The highest BCUT2D eigenvalue weighted by Crippen LogP contribution is 2.46. The lowest BCUT2D eigenvalue weighted by molar-refractivity contribution is -0.118. The molecule has 1 N–H and O–H groups in total. The van der Waals surface area contributed by atoms with E-state index in [0.29, 0.717) is 27.6 Å². The van der Waals surface area contributed by atoms with E-state index in [2.05, 4.69) is 37.9 Å². The SMILES string of the molecule is CC1(C)CC(=O)C2=C(C1)NC(S)=C(C#N)[C@H]2c1ccc(Cl)cc1. The summed E-state index contributed by atoms with van der Waals surface area (Å²) in [6.07, 6.45) is 1.25.